The lowest BCUT2D eigenvalue weighted by molar-refractivity contribution is -0.126. The van der Waals surface area contributed by atoms with Gasteiger partial charge in [-0.25, -0.2) is 9.37 Å². The number of aromatic nitrogens is 2. The van der Waals surface area contributed by atoms with E-state index in [1.807, 2.05) is 31.2 Å². The predicted molar refractivity (Wildman–Crippen MR) is 106 cm³/mol. The smallest absolute Gasteiger partial charge is 0.230 e. The van der Waals surface area contributed by atoms with E-state index in [1.54, 1.807) is 26.0 Å². The van der Waals surface area contributed by atoms with E-state index in [9.17, 15) is 9.18 Å². The molecule has 0 aliphatic rings. The largest absolute Gasteiger partial charge is 0.346 e. The molecular weight excluding hydrogens is 341 g/mol. The van der Waals surface area contributed by atoms with E-state index in [-0.39, 0.29) is 23.8 Å². The molecule has 0 aliphatic carbocycles. The molecule has 3 rings (SSSR count). The van der Waals surface area contributed by atoms with Crippen LogP contribution in [0, 0.1) is 5.82 Å². The molecule has 142 valence electrons. The molecule has 0 spiro atoms. The summed E-state index contributed by atoms with van der Waals surface area (Å²) in [6.45, 7) is 9.73. The second-order valence-electron chi connectivity index (χ2n) is 7.75. The van der Waals surface area contributed by atoms with E-state index in [2.05, 4.69) is 23.7 Å². The third-order valence-corrected chi connectivity index (χ3v) is 4.99. The van der Waals surface area contributed by atoms with Crippen LogP contribution in [0.2, 0.25) is 0 Å². The Morgan fingerprint density at radius 1 is 1.11 bits per heavy atom. The molecule has 27 heavy (non-hydrogen) atoms. The topological polar surface area (TPSA) is 46.9 Å². The molecule has 1 heterocycles. The maximum absolute atomic E-state index is 13.6. The minimum absolute atomic E-state index is 0.164. The van der Waals surface area contributed by atoms with Crippen molar-refractivity contribution in [2.24, 2.45) is 0 Å². The fourth-order valence-electron chi connectivity index (χ4n) is 3.36. The molecular formula is C22H26FN3O. The molecule has 0 fully saturated rings. The highest BCUT2D eigenvalue weighted by Crippen LogP contribution is 2.28. The van der Waals surface area contributed by atoms with Gasteiger partial charge >= 0.3 is 0 Å². The Bertz CT molecular complexity index is 975. The molecule has 4 nitrogen and oxygen atoms in total. The van der Waals surface area contributed by atoms with E-state index in [0.29, 0.717) is 5.56 Å². The number of imidazole rings is 1. The zero-order valence-corrected chi connectivity index (χ0v) is 16.5. The summed E-state index contributed by atoms with van der Waals surface area (Å²) >= 11 is 0. The van der Waals surface area contributed by atoms with Crippen LogP contribution in [0.25, 0.3) is 11.0 Å². The number of para-hydroxylation sites is 2. The summed E-state index contributed by atoms with van der Waals surface area (Å²) in [6, 6.07) is 14.1. The number of halogens is 1. The Morgan fingerprint density at radius 2 is 1.81 bits per heavy atom. The van der Waals surface area contributed by atoms with Crippen molar-refractivity contribution in [3.8, 4) is 0 Å². The van der Waals surface area contributed by atoms with Gasteiger partial charge in [-0.1, -0.05) is 24.3 Å². The molecule has 0 saturated carbocycles. The monoisotopic (exact) mass is 367 g/mol. The average Bonchev–Trinajstić information content (AvgIpc) is 3.01. The van der Waals surface area contributed by atoms with E-state index < -0.39 is 5.41 Å². The van der Waals surface area contributed by atoms with Gasteiger partial charge in [-0.2, -0.15) is 0 Å². The standard InChI is InChI=1S/C22H26FN3O/c1-14(2)26-19-12-7-6-11-18(19)25-20(26)15(3)24-21(27)22(4,5)16-9-8-10-17(23)13-16/h6-15H,1-5H3,(H,24,27). The summed E-state index contributed by atoms with van der Waals surface area (Å²) < 4.78 is 15.8. The van der Waals surface area contributed by atoms with Gasteiger partial charge in [0.25, 0.3) is 0 Å². The highest BCUT2D eigenvalue weighted by atomic mass is 19.1. The first-order valence-corrected chi connectivity index (χ1v) is 9.25. The molecule has 0 aliphatic heterocycles. The van der Waals surface area contributed by atoms with E-state index >= 15 is 0 Å². The van der Waals surface area contributed by atoms with Gasteiger partial charge in [-0.3, -0.25) is 4.79 Å². The second-order valence-corrected chi connectivity index (χ2v) is 7.75. The van der Waals surface area contributed by atoms with Crippen LogP contribution < -0.4 is 5.32 Å². The van der Waals surface area contributed by atoms with Crippen LogP contribution in [0.5, 0.6) is 0 Å². The summed E-state index contributed by atoms with van der Waals surface area (Å²) in [5, 5.41) is 3.07. The number of hydrogen-bond donors (Lipinski definition) is 1. The number of benzene rings is 2. The minimum atomic E-state index is -0.856. The van der Waals surface area contributed by atoms with Crippen molar-refractivity contribution in [3.05, 3.63) is 65.7 Å². The average molecular weight is 367 g/mol. The van der Waals surface area contributed by atoms with Crippen molar-refractivity contribution in [2.45, 2.75) is 52.1 Å². The number of rotatable bonds is 5. The Balaban J connectivity index is 1.91. The summed E-state index contributed by atoms with van der Waals surface area (Å²) in [5.74, 6) is 0.306. The van der Waals surface area contributed by atoms with Crippen LogP contribution in [0.4, 0.5) is 4.39 Å². The number of carbonyl (C=O) groups is 1. The maximum Gasteiger partial charge on any atom is 0.230 e. The molecule has 2 aromatic carbocycles. The predicted octanol–water partition coefficient (Wildman–Crippen LogP) is 4.91. The van der Waals surface area contributed by atoms with Crippen molar-refractivity contribution in [1.29, 1.82) is 0 Å². The molecule has 5 heteroatoms. The quantitative estimate of drug-likeness (QED) is 0.696. The van der Waals surface area contributed by atoms with Crippen molar-refractivity contribution >= 4 is 16.9 Å². The summed E-state index contributed by atoms with van der Waals surface area (Å²) in [4.78, 5) is 17.7. The molecule has 1 aromatic heterocycles. The number of fused-ring (bicyclic) bond motifs is 1. The lowest BCUT2D eigenvalue weighted by atomic mass is 9.83. The van der Waals surface area contributed by atoms with Crippen molar-refractivity contribution in [2.75, 3.05) is 0 Å². The van der Waals surface area contributed by atoms with Crippen LogP contribution in [-0.2, 0) is 10.2 Å². The number of amides is 1. The molecule has 3 aromatic rings. The van der Waals surface area contributed by atoms with Crippen LogP contribution in [0.15, 0.2) is 48.5 Å². The van der Waals surface area contributed by atoms with Gasteiger partial charge in [-0.05, 0) is 64.4 Å². The van der Waals surface area contributed by atoms with Gasteiger partial charge in [0.15, 0.2) is 0 Å². The second kappa shape index (κ2) is 7.14. The van der Waals surface area contributed by atoms with E-state index in [0.717, 1.165) is 16.9 Å². The highest BCUT2D eigenvalue weighted by molar-refractivity contribution is 5.87. The van der Waals surface area contributed by atoms with Gasteiger partial charge in [-0.15, -0.1) is 0 Å². The first-order chi connectivity index (χ1) is 12.7. The first kappa shape index (κ1) is 19.1. The van der Waals surface area contributed by atoms with Crippen molar-refractivity contribution in [3.63, 3.8) is 0 Å². The number of hydrogen-bond acceptors (Lipinski definition) is 2. The summed E-state index contributed by atoms with van der Waals surface area (Å²) in [6.07, 6.45) is 0. The van der Waals surface area contributed by atoms with Crippen LogP contribution >= 0.6 is 0 Å². The number of carbonyl (C=O) groups excluding carboxylic acids is 1. The Morgan fingerprint density at radius 3 is 2.48 bits per heavy atom. The van der Waals surface area contributed by atoms with Gasteiger partial charge < -0.3 is 9.88 Å². The van der Waals surface area contributed by atoms with Crippen molar-refractivity contribution < 1.29 is 9.18 Å². The third-order valence-electron chi connectivity index (χ3n) is 4.99. The Labute approximate surface area is 159 Å². The molecule has 1 atom stereocenters. The Hall–Kier alpha value is -2.69. The first-order valence-electron chi connectivity index (χ1n) is 9.25. The van der Waals surface area contributed by atoms with Crippen LogP contribution in [0.3, 0.4) is 0 Å². The number of nitrogens with zero attached hydrogens (tertiary/aromatic N) is 2. The lowest BCUT2D eigenvalue weighted by Crippen LogP contribution is -2.42. The fraction of sp³-hybridized carbons (Fsp3) is 0.364. The van der Waals surface area contributed by atoms with E-state index in [1.165, 1.54) is 12.1 Å². The van der Waals surface area contributed by atoms with Gasteiger partial charge in [0.2, 0.25) is 5.91 Å². The van der Waals surface area contributed by atoms with Gasteiger partial charge in [0.05, 0.1) is 22.5 Å². The number of nitrogens with one attached hydrogen (secondary N) is 1. The summed E-state index contributed by atoms with van der Waals surface area (Å²) in [5.41, 5.74) is 1.75. The minimum Gasteiger partial charge on any atom is -0.346 e. The molecule has 1 unspecified atom stereocenters. The molecule has 0 saturated heterocycles. The zero-order valence-electron chi connectivity index (χ0n) is 16.5. The van der Waals surface area contributed by atoms with Gasteiger partial charge in [0.1, 0.15) is 11.6 Å². The highest BCUT2D eigenvalue weighted by Gasteiger charge is 2.32. The molecule has 1 N–H and O–H groups in total. The normalized spacial score (nSPS) is 13.1. The lowest BCUT2D eigenvalue weighted by Gasteiger charge is -2.27. The van der Waals surface area contributed by atoms with Crippen molar-refractivity contribution in [1.82, 2.24) is 14.9 Å². The third kappa shape index (κ3) is 3.59. The van der Waals surface area contributed by atoms with E-state index in [4.69, 9.17) is 4.98 Å². The molecule has 0 bridgehead atoms. The fourth-order valence-corrected chi connectivity index (χ4v) is 3.36. The molecule has 1 amide bonds. The zero-order chi connectivity index (χ0) is 19.8. The Kier molecular flexibility index (Phi) is 5.05. The van der Waals surface area contributed by atoms with Crippen LogP contribution in [0.1, 0.15) is 58.1 Å². The summed E-state index contributed by atoms with van der Waals surface area (Å²) in [7, 11) is 0. The molecule has 0 radical (unpaired) electrons. The van der Waals surface area contributed by atoms with Crippen LogP contribution in [-0.4, -0.2) is 15.5 Å². The van der Waals surface area contributed by atoms with Gasteiger partial charge in [0, 0.05) is 6.04 Å². The maximum atomic E-state index is 13.6. The SMILES string of the molecule is CC(NC(=O)C(C)(C)c1cccc(F)c1)c1nc2ccccc2n1C(C)C.